The maximum atomic E-state index is 12.5. The van der Waals surface area contributed by atoms with Crippen molar-refractivity contribution in [3.05, 3.63) is 77.4 Å². The Morgan fingerprint density at radius 2 is 1.76 bits per heavy atom. The van der Waals surface area contributed by atoms with Crippen LogP contribution in [0.5, 0.6) is 0 Å². The third-order valence-electron chi connectivity index (χ3n) is 6.26. The highest BCUT2D eigenvalue weighted by atomic mass is 16.2. The molecule has 0 bridgehead atoms. The van der Waals surface area contributed by atoms with Gasteiger partial charge in [-0.3, -0.25) is 9.59 Å². The summed E-state index contributed by atoms with van der Waals surface area (Å²) in [6.07, 6.45) is 6.36. The number of carbonyl (C=O) groups excluding carboxylic acids is 2. The summed E-state index contributed by atoms with van der Waals surface area (Å²) in [5.74, 6) is 2.63. The molecule has 34 heavy (non-hydrogen) atoms. The molecule has 2 amide bonds. The molecule has 1 aliphatic heterocycles. The minimum atomic E-state index is -0.107. The Bertz CT molecular complexity index is 1300. The molecule has 0 unspecified atom stereocenters. The average molecular weight is 452 g/mol. The molecule has 172 valence electrons. The summed E-state index contributed by atoms with van der Waals surface area (Å²) in [7, 11) is 0. The summed E-state index contributed by atoms with van der Waals surface area (Å²) in [6.45, 7) is 7.20. The van der Waals surface area contributed by atoms with Gasteiger partial charge in [-0.2, -0.15) is 0 Å². The second-order valence-corrected chi connectivity index (χ2v) is 8.88. The molecule has 0 fully saturated rings. The zero-order valence-corrected chi connectivity index (χ0v) is 20.0. The first-order valence-electron chi connectivity index (χ1n) is 11.4. The number of benzene rings is 3. The fraction of sp³-hybridized carbons (Fsp3) is 0.241. The molecule has 3 aromatic carbocycles. The van der Waals surface area contributed by atoms with Crippen LogP contribution in [0.15, 0.2) is 60.7 Å². The lowest BCUT2D eigenvalue weighted by Gasteiger charge is -2.40. The standard InChI is InChI=1S/C29H29N3O2/c1-6-22-10-12-26(14-18(22)2)31-28-15-19(3)32(21(5)34)29-13-11-24(17-27(28)29)23-8-7-9-25(16-23)30-20(4)33/h1,7-14,16-17,19,28,31H,15H2,2-5H3,(H,30,33)/t19-,28+/m0/s1. The van der Waals surface area contributed by atoms with Crippen molar-refractivity contribution in [1.29, 1.82) is 0 Å². The number of amides is 2. The van der Waals surface area contributed by atoms with E-state index >= 15 is 0 Å². The van der Waals surface area contributed by atoms with Crippen LogP contribution in [0.25, 0.3) is 11.1 Å². The smallest absolute Gasteiger partial charge is 0.224 e. The van der Waals surface area contributed by atoms with E-state index in [9.17, 15) is 9.59 Å². The highest BCUT2D eigenvalue weighted by Gasteiger charge is 2.32. The number of fused-ring (bicyclic) bond motifs is 1. The molecule has 2 atom stereocenters. The minimum absolute atomic E-state index is 0.0233. The second-order valence-electron chi connectivity index (χ2n) is 8.88. The van der Waals surface area contributed by atoms with Gasteiger partial charge in [0.1, 0.15) is 0 Å². The summed E-state index contributed by atoms with van der Waals surface area (Å²) >= 11 is 0. The first-order valence-corrected chi connectivity index (χ1v) is 11.4. The Morgan fingerprint density at radius 3 is 2.44 bits per heavy atom. The highest BCUT2D eigenvalue weighted by molar-refractivity contribution is 5.94. The minimum Gasteiger partial charge on any atom is -0.378 e. The average Bonchev–Trinajstić information content (AvgIpc) is 2.78. The number of carbonyl (C=O) groups is 2. The normalized spacial score (nSPS) is 16.9. The zero-order chi connectivity index (χ0) is 24.4. The molecule has 0 radical (unpaired) electrons. The predicted octanol–water partition coefficient (Wildman–Crippen LogP) is 5.90. The first kappa shape index (κ1) is 23.1. The van der Waals surface area contributed by atoms with E-state index in [1.165, 1.54) is 6.92 Å². The van der Waals surface area contributed by atoms with E-state index in [4.69, 9.17) is 6.42 Å². The van der Waals surface area contributed by atoms with Gasteiger partial charge in [-0.15, -0.1) is 6.42 Å². The summed E-state index contributed by atoms with van der Waals surface area (Å²) in [6, 6.07) is 20.1. The Morgan fingerprint density at radius 1 is 1.00 bits per heavy atom. The van der Waals surface area contributed by atoms with E-state index in [1.807, 2.05) is 60.4 Å². The van der Waals surface area contributed by atoms with Crippen molar-refractivity contribution in [3.63, 3.8) is 0 Å². The number of aryl methyl sites for hydroxylation is 1. The third kappa shape index (κ3) is 4.67. The summed E-state index contributed by atoms with van der Waals surface area (Å²) in [5, 5.41) is 6.51. The van der Waals surface area contributed by atoms with E-state index in [0.717, 1.165) is 51.3 Å². The number of anilines is 3. The molecule has 0 aliphatic carbocycles. The first-order chi connectivity index (χ1) is 16.3. The SMILES string of the molecule is C#Cc1ccc(N[C@@H]2C[C@H](C)N(C(C)=O)c3ccc(-c4cccc(NC(C)=O)c4)cc32)cc1C. The van der Waals surface area contributed by atoms with Crippen molar-refractivity contribution < 1.29 is 9.59 Å². The van der Waals surface area contributed by atoms with Gasteiger partial charge in [0.25, 0.3) is 0 Å². The van der Waals surface area contributed by atoms with E-state index in [-0.39, 0.29) is 23.9 Å². The van der Waals surface area contributed by atoms with E-state index in [1.54, 1.807) is 6.92 Å². The van der Waals surface area contributed by atoms with Gasteiger partial charge in [-0.1, -0.05) is 24.1 Å². The van der Waals surface area contributed by atoms with Gasteiger partial charge in [0.15, 0.2) is 0 Å². The summed E-state index contributed by atoms with van der Waals surface area (Å²) in [4.78, 5) is 25.9. The predicted molar refractivity (Wildman–Crippen MR) is 139 cm³/mol. The van der Waals surface area contributed by atoms with Gasteiger partial charge < -0.3 is 15.5 Å². The van der Waals surface area contributed by atoms with Crippen LogP contribution < -0.4 is 15.5 Å². The van der Waals surface area contributed by atoms with Gasteiger partial charge >= 0.3 is 0 Å². The molecule has 2 N–H and O–H groups in total. The van der Waals surface area contributed by atoms with Crippen LogP contribution in [-0.4, -0.2) is 17.9 Å². The molecule has 1 heterocycles. The molecule has 0 spiro atoms. The molecule has 1 aliphatic rings. The molecule has 0 aromatic heterocycles. The summed E-state index contributed by atoms with van der Waals surface area (Å²) in [5.41, 5.74) is 7.67. The van der Waals surface area contributed by atoms with Crippen LogP contribution >= 0.6 is 0 Å². The quantitative estimate of drug-likeness (QED) is 0.486. The van der Waals surface area contributed by atoms with Gasteiger partial charge in [0.2, 0.25) is 11.8 Å². The largest absolute Gasteiger partial charge is 0.378 e. The lowest BCUT2D eigenvalue weighted by Crippen LogP contribution is -2.43. The number of terminal acetylenes is 1. The molecule has 0 saturated carbocycles. The molecular formula is C29H29N3O2. The van der Waals surface area contributed by atoms with Gasteiger partial charge in [-0.05, 0) is 85.0 Å². The fourth-order valence-electron chi connectivity index (χ4n) is 4.76. The maximum Gasteiger partial charge on any atom is 0.224 e. The van der Waals surface area contributed by atoms with Crippen LogP contribution in [0.4, 0.5) is 17.1 Å². The number of nitrogens with one attached hydrogen (secondary N) is 2. The lowest BCUT2D eigenvalue weighted by molar-refractivity contribution is -0.117. The fourth-order valence-corrected chi connectivity index (χ4v) is 4.76. The molecule has 5 heteroatoms. The molecular weight excluding hydrogens is 422 g/mol. The highest BCUT2D eigenvalue weighted by Crippen LogP contribution is 2.41. The van der Waals surface area contributed by atoms with Crippen LogP contribution in [0.3, 0.4) is 0 Å². The zero-order valence-electron chi connectivity index (χ0n) is 20.0. The van der Waals surface area contributed by atoms with Crippen molar-refractivity contribution >= 4 is 28.9 Å². The Kier molecular flexibility index (Phi) is 6.43. The molecule has 5 nitrogen and oxygen atoms in total. The molecule has 4 rings (SSSR count). The lowest BCUT2D eigenvalue weighted by atomic mass is 9.88. The molecule has 0 saturated heterocycles. The topological polar surface area (TPSA) is 61.4 Å². The van der Waals surface area contributed by atoms with Crippen LogP contribution in [0.2, 0.25) is 0 Å². The molecule has 3 aromatic rings. The Hall–Kier alpha value is -4.04. The Balaban J connectivity index is 1.76. The van der Waals surface area contributed by atoms with Gasteiger partial charge in [0.05, 0.1) is 6.04 Å². The third-order valence-corrected chi connectivity index (χ3v) is 6.26. The van der Waals surface area contributed by atoms with Crippen LogP contribution in [0, 0.1) is 19.3 Å². The van der Waals surface area contributed by atoms with Gasteiger partial charge in [-0.25, -0.2) is 0 Å². The van der Waals surface area contributed by atoms with Crippen molar-refractivity contribution in [1.82, 2.24) is 0 Å². The van der Waals surface area contributed by atoms with Gasteiger partial charge in [0, 0.05) is 42.5 Å². The summed E-state index contributed by atoms with van der Waals surface area (Å²) < 4.78 is 0. The van der Waals surface area contributed by atoms with E-state index < -0.39 is 0 Å². The van der Waals surface area contributed by atoms with Crippen molar-refractivity contribution in [3.8, 4) is 23.5 Å². The van der Waals surface area contributed by atoms with E-state index in [0.29, 0.717) is 0 Å². The number of hydrogen-bond donors (Lipinski definition) is 2. The second kappa shape index (κ2) is 9.44. The van der Waals surface area contributed by atoms with E-state index in [2.05, 4.69) is 35.6 Å². The van der Waals surface area contributed by atoms with Crippen LogP contribution in [-0.2, 0) is 9.59 Å². The number of hydrogen-bond acceptors (Lipinski definition) is 3. The number of rotatable bonds is 4. The number of nitrogens with zero attached hydrogens (tertiary/aromatic N) is 1. The monoisotopic (exact) mass is 451 g/mol. The Labute approximate surface area is 201 Å². The van der Waals surface area contributed by atoms with Crippen molar-refractivity contribution in [2.75, 3.05) is 15.5 Å². The van der Waals surface area contributed by atoms with Crippen LogP contribution in [0.1, 0.15) is 49.9 Å². The van der Waals surface area contributed by atoms with Crippen molar-refractivity contribution in [2.24, 2.45) is 0 Å². The van der Waals surface area contributed by atoms with Crippen molar-refractivity contribution in [2.45, 2.75) is 46.2 Å². The maximum absolute atomic E-state index is 12.5.